The number of carboxylic acid groups (broad SMARTS) is 2. The van der Waals surface area contributed by atoms with Crippen LogP contribution in [0.25, 0.3) is 0 Å². The van der Waals surface area contributed by atoms with E-state index >= 15 is 0 Å². The van der Waals surface area contributed by atoms with Crippen LogP contribution in [0.1, 0.15) is 59.3 Å². The number of aliphatic carboxylic acids is 2. The first-order chi connectivity index (χ1) is 10.9. The van der Waals surface area contributed by atoms with E-state index in [2.05, 4.69) is 13.0 Å². The third-order valence-electron chi connectivity index (χ3n) is 4.70. The number of carbonyl (C=O) groups is 2. The monoisotopic (exact) mass is 320 g/mol. The Morgan fingerprint density at radius 2 is 1.65 bits per heavy atom. The predicted octanol–water partition coefficient (Wildman–Crippen LogP) is 4.58. The molecule has 0 aromatic rings. The third kappa shape index (κ3) is 4.57. The zero-order chi connectivity index (χ0) is 17.5. The summed E-state index contributed by atoms with van der Waals surface area (Å²) >= 11 is 0. The molecule has 0 bridgehead atoms. The summed E-state index contributed by atoms with van der Waals surface area (Å²) in [4.78, 5) is 23.1. The molecular formula is C19H28O4. The second kappa shape index (κ2) is 8.70. The van der Waals surface area contributed by atoms with Crippen LogP contribution >= 0.6 is 0 Å². The summed E-state index contributed by atoms with van der Waals surface area (Å²) in [5.74, 6) is -2.56. The minimum atomic E-state index is -1.35. The van der Waals surface area contributed by atoms with Gasteiger partial charge in [0.15, 0.2) is 0 Å². The largest absolute Gasteiger partial charge is 0.477 e. The lowest BCUT2D eigenvalue weighted by Crippen LogP contribution is -2.32. The molecule has 23 heavy (non-hydrogen) atoms. The molecule has 2 unspecified atom stereocenters. The Kier molecular flexibility index (Phi) is 7.27. The molecule has 1 rings (SSSR count). The van der Waals surface area contributed by atoms with Gasteiger partial charge in [0.05, 0.1) is 0 Å². The van der Waals surface area contributed by atoms with Crippen LogP contribution in [0.4, 0.5) is 0 Å². The zero-order valence-corrected chi connectivity index (χ0v) is 14.3. The molecule has 2 atom stereocenters. The number of carboxylic acids is 2. The van der Waals surface area contributed by atoms with Crippen molar-refractivity contribution in [2.45, 2.75) is 59.3 Å². The van der Waals surface area contributed by atoms with Crippen molar-refractivity contribution in [3.8, 4) is 0 Å². The van der Waals surface area contributed by atoms with Crippen LogP contribution < -0.4 is 0 Å². The summed E-state index contributed by atoms with van der Waals surface area (Å²) in [6.07, 6.45) is 13.1. The molecule has 1 aliphatic rings. The van der Waals surface area contributed by atoms with Crippen molar-refractivity contribution in [2.24, 2.45) is 11.3 Å². The van der Waals surface area contributed by atoms with E-state index in [9.17, 15) is 19.8 Å². The molecule has 0 amide bonds. The molecule has 0 radical (unpaired) electrons. The molecule has 0 fully saturated rings. The molecule has 4 heteroatoms. The average Bonchev–Trinajstić information content (AvgIpc) is 2.49. The predicted molar refractivity (Wildman–Crippen MR) is 91.2 cm³/mol. The summed E-state index contributed by atoms with van der Waals surface area (Å²) in [6.45, 7) is 6.12. The number of hydrogen-bond donors (Lipinski definition) is 2. The number of hydrogen-bond acceptors (Lipinski definition) is 2. The van der Waals surface area contributed by atoms with Crippen molar-refractivity contribution < 1.29 is 19.8 Å². The van der Waals surface area contributed by atoms with Gasteiger partial charge in [-0.1, -0.05) is 64.3 Å². The maximum atomic E-state index is 11.6. The fourth-order valence-corrected chi connectivity index (χ4v) is 3.29. The van der Waals surface area contributed by atoms with Gasteiger partial charge in [0.25, 0.3) is 0 Å². The van der Waals surface area contributed by atoms with Gasteiger partial charge in [-0.3, -0.25) is 0 Å². The molecule has 0 saturated heterocycles. The highest BCUT2D eigenvalue weighted by atomic mass is 16.4. The summed E-state index contributed by atoms with van der Waals surface area (Å²) in [5.41, 5.74) is -0.464. The Bertz CT molecular complexity index is 511. The van der Waals surface area contributed by atoms with Crippen LogP contribution in [0.5, 0.6) is 0 Å². The topological polar surface area (TPSA) is 74.6 Å². The Balaban J connectivity index is 3.40. The molecular weight excluding hydrogens is 292 g/mol. The van der Waals surface area contributed by atoms with Crippen molar-refractivity contribution in [1.29, 1.82) is 0 Å². The van der Waals surface area contributed by atoms with E-state index in [1.165, 1.54) is 0 Å². The van der Waals surface area contributed by atoms with Crippen LogP contribution in [0.15, 0.2) is 35.5 Å². The highest BCUT2D eigenvalue weighted by Gasteiger charge is 2.39. The number of unbranched alkanes of at least 4 members (excludes halogenated alkanes) is 2. The fraction of sp³-hybridized carbons (Fsp3) is 0.579. The van der Waals surface area contributed by atoms with Crippen molar-refractivity contribution in [2.75, 3.05) is 0 Å². The van der Waals surface area contributed by atoms with E-state index in [0.29, 0.717) is 12.0 Å². The molecule has 1 aliphatic carbocycles. The molecule has 4 nitrogen and oxygen atoms in total. The first-order valence-corrected chi connectivity index (χ1v) is 8.44. The quantitative estimate of drug-likeness (QED) is 0.370. The third-order valence-corrected chi connectivity index (χ3v) is 4.70. The summed E-state index contributed by atoms with van der Waals surface area (Å²) in [6, 6.07) is 0. The lowest BCUT2D eigenvalue weighted by molar-refractivity contribution is -0.140. The minimum Gasteiger partial charge on any atom is -0.477 e. The second-order valence-electron chi connectivity index (χ2n) is 6.34. The van der Waals surface area contributed by atoms with Crippen LogP contribution in [-0.4, -0.2) is 22.2 Å². The lowest BCUT2D eigenvalue weighted by Gasteiger charge is -2.38. The van der Waals surface area contributed by atoms with Crippen LogP contribution in [-0.2, 0) is 9.59 Å². The molecule has 0 aromatic carbocycles. The number of allylic oxidation sites excluding steroid dienone is 5. The maximum absolute atomic E-state index is 11.6. The van der Waals surface area contributed by atoms with Gasteiger partial charge in [0.2, 0.25) is 0 Å². The molecule has 0 aliphatic heterocycles. The molecule has 0 aromatic heterocycles. The van der Waals surface area contributed by atoms with E-state index in [1.807, 2.05) is 32.1 Å². The Labute approximate surface area is 138 Å². The molecule has 0 spiro atoms. The lowest BCUT2D eigenvalue weighted by atomic mass is 9.65. The normalized spacial score (nSPS) is 22.8. The van der Waals surface area contributed by atoms with Crippen molar-refractivity contribution in [3.05, 3.63) is 35.5 Å². The van der Waals surface area contributed by atoms with Crippen molar-refractivity contribution in [1.82, 2.24) is 0 Å². The van der Waals surface area contributed by atoms with Gasteiger partial charge < -0.3 is 10.2 Å². The molecule has 128 valence electrons. The van der Waals surface area contributed by atoms with Crippen molar-refractivity contribution >= 4 is 11.9 Å². The average molecular weight is 320 g/mol. The van der Waals surface area contributed by atoms with E-state index < -0.39 is 22.9 Å². The van der Waals surface area contributed by atoms with E-state index in [0.717, 1.165) is 32.1 Å². The highest BCUT2D eigenvalue weighted by molar-refractivity contribution is 6.13. The fourth-order valence-electron chi connectivity index (χ4n) is 3.29. The maximum Gasteiger partial charge on any atom is 0.343 e. The Morgan fingerprint density at radius 1 is 1.04 bits per heavy atom. The Hall–Kier alpha value is -1.84. The molecule has 2 N–H and O–H groups in total. The summed E-state index contributed by atoms with van der Waals surface area (Å²) in [5, 5.41) is 18.9. The minimum absolute atomic E-state index is 0.132. The second-order valence-corrected chi connectivity index (χ2v) is 6.34. The van der Waals surface area contributed by atoms with E-state index in [1.54, 1.807) is 0 Å². The SMILES string of the molecule is CCCCC(=C(C(=O)O)C(=O)O)C1(C)C=CC=CC1CCCC. The van der Waals surface area contributed by atoms with Crippen LogP contribution in [0.3, 0.4) is 0 Å². The van der Waals surface area contributed by atoms with Crippen LogP contribution in [0.2, 0.25) is 0 Å². The van der Waals surface area contributed by atoms with Gasteiger partial charge in [-0.05, 0) is 30.8 Å². The highest BCUT2D eigenvalue weighted by Crippen LogP contribution is 2.46. The van der Waals surface area contributed by atoms with Gasteiger partial charge in [-0.2, -0.15) is 0 Å². The van der Waals surface area contributed by atoms with Gasteiger partial charge in [-0.25, -0.2) is 9.59 Å². The van der Waals surface area contributed by atoms with Gasteiger partial charge in [0.1, 0.15) is 5.57 Å². The summed E-state index contributed by atoms with van der Waals surface area (Å²) < 4.78 is 0. The van der Waals surface area contributed by atoms with Gasteiger partial charge in [-0.15, -0.1) is 0 Å². The Morgan fingerprint density at radius 3 is 2.17 bits per heavy atom. The zero-order valence-electron chi connectivity index (χ0n) is 14.3. The van der Waals surface area contributed by atoms with Crippen molar-refractivity contribution in [3.63, 3.8) is 0 Å². The number of rotatable bonds is 9. The van der Waals surface area contributed by atoms with Crippen LogP contribution in [0, 0.1) is 11.3 Å². The van der Waals surface area contributed by atoms with Gasteiger partial charge >= 0.3 is 11.9 Å². The molecule has 0 heterocycles. The van der Waals surface area contributed by atoms with E-state index in [4.69, 9.17) is 0 Å². The smallest absolute Gasteiger partial charge is 0.343 e. The standard InChI is InChI=1S/C19H28O4/c1-4-6-10-14-11-8-9-13-19(14,3)15(12-7-5-2)16(17(20)21)18(22)23/h8-9,11,13-14H,4-7,10,12H2,1-3H3,(H,20,21)(H,22,23). The first-order valence-electron chi connectivity index (χ1n) is 8.44. The van der Waals surface area contributed by atoms with Gasteiger partial charge in [0, 0.05) is 5.41 Å². The summed E-state index contributed by atoms with van der Waals surface area (Å²) in [7, 11) is 0. The first kappa shape index (κ1) is 19.2. The van der Waals surface area contributed by atoms with E-state index in [-0.39, 0.29) is 5.92 Å². The molecule has 0 saturated carbocycles.